The van der Waals surface area contributed by atoms with E-state index in [1.54, 1.807) is 6.92 Å². The Morgan fingerprint density at radius 3 is 2.09 bits per heavy atom. The number of hydrogen-bond acceptors (Lipinski definition) is 3. The Hall–Kier alpha value is -2.62. The normalized spacial score (nSPS) is 11.5. The molecule has 0 heterocycles. The molecule has 1 atom stereocenters. The number of rotatable bonds is 7. The molecule has 0 aromatic heterocycles. The van der Waals surface area contributed by atoms with E-state index in [4.69, 9.17) is 4.74 Å². The molecular formula is C19H21NO3. The van der Waals surface area contributed by atoms with Crippen molar-refractivity contribution in [3.05, 3.63) is 71.8 Å². The van der Waals surface area contributed by atoms with Gasteiger partial charge in [0, 0.05) is 6.54 Å². The van der Waals surface area contributed by atoms with Gasteiger partial charge in [-0.15, -0.1) is 0 Å². The van der Waals surface area contributed by atoms with Gasteiger partial charge < -0.3 is 10.1 Å². The lowest BCUT2D eigenvalue weighted by Crippen LogP contribution is -2.37. The molecule has 0 aliphatic carbocycles. The SMILES string of the molecule is CCOC(=O)[C@H](Cc1ccccc1)C(=O)NCc1ccccc1. The fourth-order valence-corrected chi connectivity index (χ4v) is 2.28. The van der Waals surface area contributed by atoms with E-state index >= 15 is 0 Å². The summed E-state index contributed by atoms with van der Waals surface area (Å²) in [5.74, 6) is -1.63. The molecule has 120 valence electrons. The molecule has 0 spiro atoms. The van der Waals surface area contributed by atoms with E-state index in [0.29, 0.717) is 13.0 Å². The predicted octanol–water partition coefficient (Wildman–Crippen LogP) is 2.72. The molecule has 2 rings (SSSR count). The number of carbonyl (C=O) groups is 2. The van der Waals surface area contributed by atoms with E-state index in [0.717, 1.165) is 11.1 Å². The number of nitrogens with one attached hydrogen (secondary N) is 1. The van der Waals surface area contributed by atoms with Crippen molar-refractivity contribution in [1.29, 1.82) is 0 Å². The summed E-state index contributed by atoms with van der Waals surface area (Å²) in [6.45, 7) is 2.39. The van der Waals surface area contributed by atoms with Gasteiger partial charge in [-0.1, -0.05) is 60.7 Å². The van der Waals surface area contributed by atoms with Crippen LogP contribution in [0.25, 0.3) is 0 Å². The Labute approximate surface area is 136 Å². The number of amides is 1. The molecule has 4 nitrogen and oxygen atoms in total. The Kier molecular flexibility index (Phi) is 6.36. The number of hydrogen-bond donors (Lipinski definition) is 1. The maximum atomic E-state index is 12.4. The molecule has 0 fully saturated rings. The molecule has 1 amide bonds. The van der Waals surface area contributed by atoms with Crippen molar-refractivity contribution in [3.63, 3.8) is 0 Å². The topological polar surface area (TPSA) is 55.4 Å². The van der Waals surface area contributed by atoms with E-state index in [9.17, 15) is 9.59 Å². The Morgan fingerprint density at radius 1 is 0.957 bits per heavy atom. The van der Waals surface area contributed by atoms with Crippen molar-refractivity contribution in [3.8, 4) is 0 Å². The summed E-state index contributed by atoms with van der Waals surface area (Å²) in [4.78, 5) is 24.5. The van der Waals surface area contributed by atoms with Crippen LogP contribution in [0.5, 0.6) is 0 Å². The van der Waals surface area contributed by atoms with Crippen molar-refractivity contribution < 1.29 is 14.3 Å². The number of carbonyl (C=O) groups excluding carboxylic acids is 2. The van der Waals surface area contributed by atoms with Gasteiger partial charge in [0.2, 0.25) is 5.91 Å². The van der Waals surface area contributed by atoms with Crippen molar-refractivity contribution in [2.45, 2.75) is 19.9 Å². The fraction of sp³-hybridized carbons (Fsp3) is 0.263. The third-order valence-corrected chi connectivity index (χ3v) is 3.48. The van der Waals surface area contributed by atoms with Crippen LogP contribution in [0.4, 0.5) is 0 Å². The summed E-state index contributed by atoms with van der Waals surface area (Å²) in [5.41, 5.74) is 1.92. The molecule has 0 radical (unpaired) electrons. The summed E-state index contributed by atoms with van der Waals surface area (Å²) < 4.78 is 5.05. The van der Waals surface area contributed by atoms with Crippen molar-refractivity contribution >= 4 is 11.9 Å². The first-order valence-corrected chi connectivity index (χ1v) is 7.73. The molecule has 1 N–H and O–H groups in total. The zero-order valence-electron chi connectivity index (χ0n) is 13.2. The maximum Gasteiger partial charge on any atom is 0.318 e. The van der Waals surface area contributed by atoms with Gasteiger partial charge in [-0.05, 0) is 24.5 Å². The lowest BCUT2D eigenvalue weighted by molar-refractivity contribution is -0.152. The third kappa shape index (κ3) is 5.25. The zero-order chi connectivity index (χ0) is 16.5. The first-order chi connectivity index (χ1) is 11.2. The zero-order valence-corrected chi connectivity index (χ0v) is 13.2. The van der Waals surface area contributed by atoms with Crippen LogP contribution in [0, 0.1) is 5.92 Å². The van der Waals surface area contributed by atoms with Crippen LogP contribution in [0.3, 0.4) is 0 Å². The predicted molar refractivity (Wildman–Crippen MR) is 88.6 cm³/mol. The summed E-state index contributed by atoms with van der Waals surface area (Å²) in [7, 11) is 0. The molecule has 0 saturated carbocycles. The largest absolute Gasteiger partial charge is 0.465 e. The number of ether oxygens (including phenoxy) is 1. The van der Waals surface area contributed by atoms with Gasteiger partial charge in [-0.25, -0.2) is 0 Å². The van der Waals surface area contributed by atoms with Crippen LogP contribution < -0.4 is 5.32 Å². The fourth-order valence-electron chi connectivity index (χ4n) is 2.28. The van der Waals surface area contributed by atoms with Crippen molar-refractivity contribution in [1.82, 2.24) is 5.32 Å². The molecule has 0 saturated heterocycles. The molecule has 4 heteroatoms. The highest BCUT2D eigenvalue weighted by molar-refractivity contribution is 5.98. The highest BCUT2D eigenvalue weighted by Gasteiger charge is 2.28. The van der Waals surface area contributed by atoms with Crippen LogP contribution in [0.1, 0.15) is 18.1 Å². The molecule has 23 heavy (non-hydrogen) atoms. The van der Waals surface area contributed by atoms with Crippen molar-refractivity contribution in [2.24, 2.45) is 5.92 Å². The van der Waals surface area contributed by atoms with Crippen LogP contribution in [-0.4, -0.2) is 18.5 Å². The van der Waals surface area contributed by atoms with Gasteiger partial charge in [0.05, 0.1) is 6.61 Å². The molecule has 0 aliphatic rings. The molecular weight excluding hydrogens is 290 g/mol. The summed E-state index contributed by atoms with van der Waals surface area (Å²) >= 11 is 0. The van der Waals surface area contributed by atoms with Crippen LogP contribution in [0.15, 0.2) is 60.7 Å². The first-order valence-electron chi connectivity index (χ1n) is 7.73. The molecule has 2 aromatic rings. The van der Waals surface area contributed by atoms with Crippen molar-refractivity contribution in [2.75, 3.05) is 6.61 Å². The van der Waals surface area contributed by atoms with Gasteiger partial charge in [-0.2, -0.15) is 0 Å². The summed E-state index contributed by atoms with van der Waals surface area (Å²) in [5, 5.41) is 2.82. The standard InChI is InChI=1S/C19H21NO3/c1-2-23-19(22)17(13-15-9-5-3-6-10-15)18(21)20-14-16-11-7-4-8-12-16/h3-12,17H,2,13-14H2,1H3,(H,20,21)/t17-/m1/s1. The minimum atomic E-state index is -0.832. The lowest BCUT2D eigenvalue weighted by Gasteiger charge is -2.16. The second kappa shape index (κ2) is 8.73. The Bertz CT molecular complexity index is 626. The van der Waals surface area contributed by atoms with Crippen LogP contribution in [-0.2, 0) is 27.3 Å². The molecule has 2 aromatic carbocycles. The average molecular weight is 311 g/mol. The minimum absolute atomic E-state index is 0.260. The van der Waals surface area contributed by atoms with E-state index in [-0.39, 0.29) is 12.5 Å². The first kappa shape index (κ1) is 16.7. The van der Waals surface area contributed by atoms with E-state index in [1.807, 2.05) is 60.7 Å². The third-order valence-electron chi connectivity index (χ3n) is 3.48. The maximum absolute atomic E-state index is 12.4. The van der Waals surface area contributed by atoms with E-state index in [1.165, 1.54) is 0 Å². The second-order valence-electron chi connectivity index (χ2n) is 5.20. The molecule has 0 aliphatic heterocycles. The highest BCUT2D eigenvalue weighted by Crippen LogP contribution is 2.12. The van der Waals surface area contributed by atoms with E-state index in [2.05, 4.69) is 5.32 Å². The summed E-state index contributed by atoms with van der Waals surface area (Å²) in [6.07, 6.45) is 0.334. The van der Waals surface area contributed by atoms with Gasteiger partial charge in [0.25, 0.3) is 0 Å². The average Bonchev–Trinajstić information content (AvgIpc) is 2.59. The van der Waals surface area contributed by atoms with Gasteiger partial charge in [-0.3, -0.25) is 9.59 Å². The van der Waals surface area contributed by atoms with E-state index < -0.39 is 11.9 Å². The van der Waals surface area contributed by atoms with Gasteiger partial charge in [0.15, 0.2) is 0 Å². The quantitative estimate of drug-likeness (QED) is 0.632. The Morgan fingerprint density at radius 2 is 1.52 bits per heavy atom. The summed E-state index contributed by atoms with van der Waals surface area (Å²) in [6, 6.07) is 19.1. The van der Waals surface area contributed by atoms with Gasteiger partial charge >= 0.3 is 5.97 Å². The number of esters is 1. The monoisotopic (exact) mass is 311 g/mol. The van der Waals surface area contributed by atoms with Crippen LogP contribution in [0.2, 0.25) is 0 Å². The minimum Gasteiger partial charge on any atom is -0.465 e. The highest BCUT2D eigenvalue weighted by atomic mass is 16.5. The van der Waals surface area contributed by atoms with Crippen LogP contribution >= 0.6 is 0 Å². The van der Waals surface area contributed by atoms with Gasteiger partial charge in [0.1, 0.15) is 5.92 Å². The second-order valence-corrected chi connectivity index (χ2v) is 5.20. The molecule has 0 unspecified atom stereocenters. The lowest BCUT2D eigenvalue weighted by atomic mass is 9.98. The Balaban J connectivity index is 2.03. The molecule has 0 bridgehead atoms. The smallest absolute Gasteiger partial charge is 0.318 e. The number of benzene rings is 2.